The Balaban J connectivity index is 2.92. The lowest BCUT2D eigenvalue weighted by molar-refractivity contribution is -0.106. The Morgan fingerprint density at radius 2 is 1.75 bits per heavy atom. The summed E-state index contributed by atoms with van der Waals surface area (Å²) in [6.07, 6.45) is -0.291. The molecule has 3 heteroatoms. The van der Waals surface area contributed by atoms with Crippen molar-refractivity contribution < 1.29 is 9.47 Å². The van der Waals surface area contributed by atoms with Gasteiger partial charge in [-0.25, -0.2) is 0 Å². The Hall–Kier alpha value is -0.380. The van der Waals surface area contributed by atoms with Gasteiger partial charge in [-0.1, -0.05) is 34.1 Å². The Bertz CT molecular complexity index is 246. The molecule has 1 aromatic carbocycles. The average Bonchev–Trinajstić information content (AvgIpc) is 2.10. The van der Waals surface area contributed by atoms with Crippen molar-refractivity contribution in [3.05, 3.63) is 34.3 Å². The number of hydrogen-bond donors (Lipinski definition) is 0. The monoisotopic (exact) mass is 230 g/mol. The van der Waals surface area contributed by atoms with Crippen LogP contribution in [0.25, 0.3) is 0 Å². The fourth-order valence-corrected chi connectivity index (χ4v) is 1.49. The number of methoxy groups -OCH3 is 2. The van der Waals surface area contributed by atoms with Crippen molar-refractivity contribution in [1.29, 1.82) is 0 Å². The summed E-state index contributed by atoms with van der Waals surface area (Å²) in [6.45, 7) is 0. The van der Waals surface area contributed by atoms with Crippen LogP contribution in [-0.4, -0.2) is 14.2 Å². The van der Waals surface area contributed by atoms with Crippen LogP contribution in [0.4, 0.5) is 0 Å². The summed E-state index contributed by atoms with van der Waals surface area (Å²) < 4.78 is 11.2. The maximum Gasteiger partial charge on any atom is 0.184 e. The number of benzene rings is 1. The molecule has 0 amide bonds. The van der Waals surface area contributed by atoms with Crippen molar-refractivity contribution in [1.82, 2.24) is 0 Å². The van der Waals surface area contributed by atoms with Crippen LogP contribution in [0.2, 0.25) is 0 Å². The van der Waals surface area contributed by atoms with Gasteiger partial charge in [0.15, 0.2) is 6.29 Å². The first-order chi connectivity index (χ1) is 5.79. The number of hydrogen-bond acceptors (Lipinski definition) is 2. The standard InChI is InChI=1S/C9H11BrO2/c1-11-9(12-2)7-5-3-4-6-8(7)10/h3-6,9H,1-2H3. The third-order valence-corrected chi connectivity index (χ3v) is 2.31. The van der Waals surface area contributed by atoms with E-state index in [1.165, 1.54) is 0 Å². The third-order valence-electron chi connectivity index (χ3n) is 1.59. The predicted octanol–water partition coefficient (Wildman–Crippen LogP) is 2.74. The summed E-state index contributed by atoms with van der Waals surface area (Å²) >= 11 is 3.42. The first kappa shape index (κ1) is 9.71. The minimum atomic E-state index is -0.291. The highest BCUT2D eigenvalue weighted by molar-refractivity contribution is 9.10. The Morgan fingerprint density at radius 3 is 2.25 bits per heavy atom. The summed E-state index contributed by atoms with van der Waals surface area (Å²) in [6, 6.07) is 7.82. The zero-order chi connectivity index (χ0) is 8.97. The molecular formula is C9H11BrO2. The zero-order valence-corrected chi connectivity index (χ0v) is 8.67. The highest BCUT2D eigenvalue weighted by atomic mass is 79.9. The van der Waals surface area contributed by atoms with Crippen LogP contribution in [0.15, 0.2) is 28.7 Å². The van der Waals surface area contributed by atoms with Crippen molar-refractivity contribution in [2.45, 2.75) is 6.29 Å². The molecule has 0 saturated carbocycles. The van der Waals surface area contributed by atoms with Gasteiger partial charge in [-0.2, -0.15) is 0 Å². The molecule has 0 atom stereocenters. The van der Waals surface area contributed by atoms with E-state index in [-0.39, 0.29) is 6.29 Å². The lowest BCUT2D eigenvalue weighted by atomic mass is 10.2. The fraction of sp³-hybridized carbons (Fsp3) is 0.333. The van der Waals surface area contributed by atoms with Gasteiger partial charge in [-0.05, 0) is 6.07 Å². The second-order valence-corrected chi connectivity index (χ2v) is 3.18. The zero-order valence-electron chi connectivity index (χ0n) is 7.08. The lowest BCUT2D eigenvalue weighted by Gasteiger charge is -2.14. The normalized spacial score (nSPS) is 10.7. The summed E-state index contributed by atoms with van der Waals surface area (Å²) in [5.41, 5.74) is 1.00. The Morgan fingerprint density at radius 1 is 1.17 bits per heavy atom. The van der Waals surface area contributed by atoms with Gasteiger partial charge >= 0.3 is 0 Å². The largest absolute Gasteiger partial charge is 0.352 e. The summed E-state index contributed by atoms with van der Waals surface area (Å²) in [5.74, 6) is 0. The molecule has 0 aliphatic rings. The van der Waals surface area contributed by atoms with Crippen LogP contribution in [0, 0.1) is 0 Å². The van der Waals surface area contributed by atoms with Crippen LogP contribution in [0.1, 0.15) is 11.9 Å². The molecule has 0 unspecified atom stereocenters. The van der Waals surface area contributed by atoms with Gasteiger partial charge in [0, 0.05) is 24.3 Å². The van der Waals surface area contributed by atoms with E-state index in [9.17, 15) is 0 Å². The van der Waals surface area contributed by atoms with Gasteiger partial charge in [-0.15, -0.1) is 0 Å². The highest BCUT2D eigenvalue weighted by Gasteiger charge is 2.10. The quantitative estimate of drug-likeness (QED) is 0.744. The molecule has 0 N–H and O–H groups in total. The highest BCUT2D eigenvalue weighted by Crippen LogP contribution is 2.25. The molecule has 0 fully saturated rings. The number of rotatable bonds is 3. The van der Waals surface area contributed by atoms with Gasteiger partial charge < -0.3 is 9.47 Å². The van der Waals surface area contributed by atoms with Crippen LogP contribution in [0.5, 0.6) is 0 Å². The molecule has 0 saturated heterocycles. The SMILES string of the molecule is COC(OC)c1ccccc1Br. The molecule has 1 aromatic rings. The lowest BCUT2D eigenvalue weighted by Crippen LogP contribution is -2.03. The van der Waals surface area contributed by atoms with Crippen molar-refractivity contribution in [2.75, 3.05) is 14.2 Å². The maximum atomic E-state index is 5.11. The molecule has 0 radical (unpaired) electrons. The number of halogens is 1. The number of ether oxygens (including phenoxy) is 2. The van der Waals surface area contributed by atoms with Crippen molar-refractivity contribution in [3.63, 3.8) is 0 Å². The van der Waals surface area contributed by atoms with E-state index in [1.807, 2.05) is 24.3 Å². The first-order valence-electron chi connectivity index (χ1n) is 3.59. The van der Waals surface area contributed by atoms with Crippen LogP contribution in [0.3, 0.4) is 0 Å². The smallest absolute Gasteiger partial charge is 0.184 e. The Kier molecular flexibility index (Phi) is 3.72. The maximum absolute atomic E-state index is 5.11. The molecule has 0 aliphatic heterocycles. The molecule has 0 bridgehead atoms. The van der Waals surface area contributed by atoms with E-state index >= 15 is 0 Å². The van der Waals surface area contributed by atoms with Crippen molar-refractivity contribution in [3.8, 4) is 0 Å². The van der Waals surface area contributed by atoms with E-state index in [1.54, 1.807) is 14.2 Å². The molecule has 0 spiro atoms. The minimum absolute atomic E-state index is 0.291. The van der Waals surface area contributed by atoms with Crippen LogP contribution in [-0.2, 0) is 9.47 Å². The molecule has 66 valence electrons. The molecule has 0 aliphatic carbocycles. The van der Waals surface area contributed by atoms with Crippen LogP contribution < -0.4 is 0 Å². The van der Waals surface area contributed by atoms with Gasteiger partial charge in [0.2, 0.25) is 0 Å². The molecule has 0 aromatic heterocycles. The van der Waals surface area contributed by atoms with Gasteiger partial charge in [-0.3, -0.25) is 0 Å². The van der Waals surface area contributed by atoms with E-state index < -0.39 is 0 Å². The molecule has 0 heterocycles. The third kappa shape index (κ3) is 2.06. The Labute approximate surface area is 80.6 Å². The topological polar surface area (TPSA) is 18.5 Å². The average molecular weight is 231 g/mol. The predicted molar refractivity (Wildman–Crippen MR) is 50.9 cm³/mol. The molecule has 12 heavy (non-hydrogen) atoms. The summed E-state index contributed by atoms with van der Waals surface area (Å²) in [4.78, 5) is 0. The second kappa shape index (κ2) is 4.60. The van der Waals surface area contributed by atoms with Crippen molar-refractivity contribution >= 4 is 15.9 Å². The van der Waals surface area contributed by atoms with Gasteiger partial charge in [0.05, 0.1) is 0 Å². The fourth-order valence-electron chi connectivity index (χ4n) is 1.02. The summed E-state index contributed by atoms with van der Waals surface area (Å²) in [7, 11) is 3.24. The van der Waals surface area contributed by atoms with E-state index in [0.717, 1.165) is 10.0 Å². The molecule has 1 rings (SSSR count). The molecule has 2 nitrogen and oxygen atoms in total. The van der Waals surface area contributed by atoms with Crippen LogP contribution >= 0.6 is 15.9 Å². The van der Waals surface area contributed by atoms with Crippen molar-refractivity contribution in [2.24, 2.45) is 0 Å². The van der Waals surface area contributed by atoms with Gasteiger partial charge in [0.25, 0.3) is 0 Å². The summed E-state index contributed by atoms with van der Waals surface area (Å²) in [5, 5.41) is 0. The van der Waals surface area contributed by atoms with Gasteiger partial charge in [0.1, 0.15) is 0 Å². The second-order valence-electron chi connectivity index (χ2n) is 2.32. The van der Waals surface area contributed by atoms with E-state index in [0.29, 0.717) is 0 Å². The van der Waals surface area contributed by atoms with E-state index in [2.05, 4.69) is 15.9 Å². The molecular weight excluding hydrogens is 220 g/mol. The minimum Gasteiger partial charge on any atom is -0.352 e. The first-order valence-corrected chi connectivity index (χ1v) is 4.39. The van der Waals surface area contributed by atoms with E-state index in [4.69, 9.17) is 9.47 Å².